The maximum absolute atomic E-state index is 12.5. The van der Waals surface area contributed by atoms with Crippen molar-refractivity contribution in [3.63, 3.8) is 0 Å². The topological polar surface area (TPSA) is 93.8 Å². The summed E-state index contributed by atoms with van der Waals surface area (Å²) in [5, 5.41) is 12.9. The molecule has 33 heavy (non-hydrogen) atoms. The highest BCUT2D eigenvalue weighted by Crippen LogP contribution is 2.19. The molecule has 2 aromatic carbocycles. The number of rotatable bonds is 15. The van der Waals surface area contributed by atoms with Crippen LogP contribution in [0.3, 0.4) is 0 Å². The van der Waals surface area contributed by atoms with Crippen molar-refractivity contribution in [2.75, 3.05) is 18.5 Å². The standard InChI is InChI=1S/C27H40N2O4/c1-4-5-6-7-8-9-18-32-23-14-10-21(11-15-23)27(31)29-22-12-16-24(17-13-22)33-19-25(30)26(28)20(2)3/h10-17,20,25-26,30H,4-9,18-19,28H2,1-3H3,(H,29,31). The van der Waals surface area contributed by atoms with E-state index in [0.29, 0.717) is 23.6 Å². The van der Waals surface area contributed by atoms with E-state index in [9.17, 15) is 9.90 Å². The third kappa shape index (κ3) is 9.84. The lowest BCUT2D eigenvalue weighted by molar-refractivity contribution is 0.0715. The molecule has 1 amide bonds. The van der Waals surface area contributed by atoms with E-state index in [2.05, 4.69) is 12.2 Å². The van der Waals surface area contributed by atoms with Gasteiger partial charge < -0.3 is 25.6 Å². The summed E-state index contributed by atoms with van der Waals surface area (Å²) < 4.78 is 11.4. The van der Waals surface area contributed by atoms with Crippen molar-refractivity contribution in [1.29, 1.82) is 0 Å². The van der Waals surface area contributed by atoms with Gasteiger partial charge in [0.05, 0.1) is 6.61 Å². The Hall–Kier alpha value is -2.57. The van der Waals surface area contributed by atoms with Crippen molar-refractivity contribution < 1.29 is 19.4 Å². The lowest BCUT2D eigenvalue weighted by atomic mass is 10.0. The second kappa shape index (κ2) is 14.6. The average Bonchev–Trinajstić information content (AvgIpc) is 2.82. The molecule has 0 saturated heterocycles. The van der Waals surface area contributed by atoms with Crippen LogP contribution in [-0.2, 0) is 0 Å². The molecular weight excluding hydrogens is 416 g/mol. The zero-order valence-electron chi connectivity index (χ0n) is 20.3. The molecule has 0 spiro atoms. The van der Waals surface area contributed by atoms with Crippen LogP contribution in [0, 0.1) is 5.92 Å². The first kappa shape index (κ1) is 26.7. The zero-order chi connectivity index (χ0) is 24.1. The van der Waals surface area contributed by atoms with Gasteiger partial charge in [-0.1, -0.05) is 52.9 Å². The number of nitrogens with two attached hydrogens (primary N) is 1. The number of anilines is 1. The molecule has 0 saturated carbocycles. The molecule has 2 atom stereocenters. The van der Waals surface area contributed by atoms with Gasteiger partial charge in [0, 0.05) is 17.3 Å². The number of aliphatic hydroxyl groups is 1. The Bertz CT molecular complexity index is 806. The maximum Gasteiger partial charge on any atom is 0.255 e. The van der Waals surface area contributed by atoms with E-state index < -0.39 is 6.10 Å². The molecule has 2 aromatic rings. The van der Waals surface area contributed by atoms with E-state index in [0.717, 1.165) is 12.2 Å². The average molecular weight is 457 g/mol. The second-order valence-corrected chi connectivity index (χ2v) is 8.82. The van der Waals surface area contributed by atoms with E-state index in [4.69, 9.17) is 15.2 Å². The number of hydrogen-bond acceptors (Lipinski definition) is 5. The lowest BCUT2D eigenvalue weighted by Gasteiger charge is -2.22. The van der Waals surface area contributed by atoms with Gasteiger partial charge in [-0.3, -0.25) is 4.79 Å². The van der Waals surface area contributed by atoms with Gasteiger partial charge in [-0.05, 0) is 60.9 Å². The summed E-state index contributed by atoms with van der Waals surface area (Å²) in [6.45, 7) is 6.97. The summed E-state index contributed by atoms with van der Waals surface area (Å²) in [6.07, 6.45) is 6.63. The van der Waals surface area contributed by atoms with Crippen molar-refractivity contribution in [3.8, 4) is 11.5 Å². The minimum absolute atomic E-state index is 0.123. The van der Waals surface area contributed by atoms with Crippen LogP contribution in [0.1, 0.15) is 69.7 Å². The molecule has 4 N–H and O–H groups in total. The van der Waals surface area contributed by atoms with Gasteiger partial charge in [0.15, 0.2) is 0 Å². The number of carbonyl (C=O) groups excluding carboxylic acids is 1. The molecule has 6 heteroatoms. The quantitative estimate of drug-likeness (QED) is 0.312. The van der Waals surface area contributed by atoms with Crippen molar-refractivity contribution in [3.05, 3.63) is 54.1 Å². The van der Waals surface area contributed by atoms with Gasteiger partial charge in [-0.2, -0.15) is 0 Å². The van der Waals surface area contributed by atoms with Crippen LogP contribution in [0.25, 0.3) is 0 Å². The highest BCUT2D eigenvalue weighted by Gasteiger charge is 2.18. The number of nitrogens with one attached hydrogen (secondary N) is 1. The Morgan fingerprint density at radius 3 is 2.12 bits per heavy atom. The Labute approximate surface area is 198 Å². The minimum atomic E-state index is -0.734. The fourth-order valence-corrected chi connectivity index (χ4v) is 3.35. The minimum Gasteiger partial charge on any atom is -0.494 e. The third-order valence-electron chi connectivity index (χ3n) is 5.63. The maximum atomic E-state index is 12.5. The van der Waals surface area contributed by atoms with E-state index >= 15 is 0 Å². The summed E-state index contributed by atoms with van der Waals surface area (Å²) in [6, 6.07) is 13.9. The van der Waals surface area contributed by atoms with E-state index in [-0.39, 0.29) is 24.5 Å². The van der Waals surface area contributed by atoms with Crippen molar-refractivity contribution >= 4 is 11.6 Å². The molecule has 0 bridgehead atoms. The zero-order valence-corrected chi connectivity index (χ0v) is 20.3. The first-order valence-corrected chi connectivity index (χ1v) is 12.1. The lowest BCUT2D eigenvalue weighted by Crippen LogP contribution is -2.42. The van der Waals surface area contributed by atoms with Crippen LogP contribution in [-0.4, -0.2) is 36.4 Å². The van der Waals surface area contributed by atoms with Gasteiger partial charge >= 0.3 is 0 Å². The van der Waals surface area contributed by atoms with Gasteiger partial charge in [0.1, 0.15) is 24.2 Å². The van der Waals surface area contributed by atoms with Crippen LogP contribution in [0.2, 0.25) is 0 Å². The summed E-state index contributed by atoms with van der Waals surface area (Å²) in [5.41, 5.74) is 7.16. The number of aliphatic hydroxyl groups excluding tert-OH is 1. The fraction of sp³-hybridized carbons (Fsp3) is 0.519. The van der Waals surface area contributed by atoms with E-state index in [1.165, 1.54) is 32.1 Å². The summed E-state index contributed by atoms with van der Waals surface area (Å²) in [4.78, 5) is 12.5. The number of amides is 1. The van der Waals surface area contributed by atoms with Crippen molar-refractivity contribution in [1.82, 2.24) is 0 Å². The number of unbranched alkanes of at least 4 members (excludes halogenated alkanes) is 5. The van der Waals surface area contributed by atoms with Crippen molar-refractivity contribution in [2.24, 2.45) is 11.7 Å². The highest BCUT2D eigenvalue weighted by atomic mass is 16.5. The van der Waals surface area contributed by atoms with Gasteiger partial charge in [0.2, 0.25) is 0 Å². The number of benzene rings is 2. The Morgan fingerprint density at radius 1 is 0.909 bits per heavy atom. The van der Waals surface area contributed by atoms with Gasteiger partial charge in [-0.25, -0.2) is 0 Å². The van der Waals surface area contributed by atoms with E-state index in [1.807, 2.05) is 26.0 Å². The first-order valence-electron chi connectivity index (χ1n) is 12.1. The second-order valence-electron chi connectivity index (χ2n) is 8.82. The summed E-state index contributed by atoms with van der Waals surface area (Å²) >= 11 is 0. The smallest absolute Gasteiger partial charge is 0.255 e. The van der Waals surface area contributed by atoms with Crippen LogP contribution < -0.4 is 20.5 Å². The van der Waals surface area contributed by atoms with Gasteiger partial charge in [0.25, 0.3) is 5.91 Å². The Morgan fingerprint density at radius 2 is 1.48 bits per heavy atom. The molecular formula is C27H40N2O4. The molecule has 2 unspecified atom stereocenters. The molecule has 0 aliphatic heterocycles. The van der Waals surface area contributed by atoms with Crippen LogP contribution in [0.5, 0.6) is 11.5 Å². The molecule has 0 fully saturated rings. The first-order chi connectivity index (χ1) is 15.9. The molecule has 0 aliphatic rings. The molecule has 0 aliphatic carbocycles. The van der Waals surface area contributed by atoms with Crippen LogP contribution >= 0.6 is 0 Å². The molecule has 0 radical (unpaired) electrons. The number of carbonyl (C=O) groups is 1. The largest absolute Gasteiger partial charge is 0.494 e. The Kier molecular flexibility index (Phi) is 11.8. The Balaban J connectivity index is 1.74. The van der Waals surface area contributed by atoms with E-state index in [1.54, 1.807) is 36.4 Å². The summed E-state index contributed by atoms with van der Waals surface area (Å²) in [7, 11) is 0. The molecule has 6 nitrogen and oxygen atoms in total. The summed E-state index contributed by atoms with van der Waals surface area (Å²) in [5.74, 6) is 1.36. The molecule has 2 rings (SSSR count). The predicted octanol–water partition coefficient (Wildman–Crippen LogP) is 5.40. The SMILES string of the molecule is CCCCCCCCOc1ccc(C(=O)Nc2ccc(OCC(O)C(N)C(C)C)cc2)cc1. The predicted molar refractivity (Wildman–Crippen MR) is 134 cm³/mol. The number of hydrogen-bond donors (Lipinski definition) is 3. The molecule has 0 aromatic heterocycles. The molecule has 182 valence electrons. The number of ether oxygens (including phenoxy) is 2. The van der Waals surface area contributed by atoms with Gasteiger partial charge in [-0.15, -0.1) is 0 Å². The monoisotopic (exact) mass is 456 g/mol. The fourth-order valence-electron chi connectivity index (χ4n) is 3.35. The third-order valence-corrected chi connectivity index (χ3v) is 5.63. The van der Waals surface area contributed by atoms with Crippen molar-refractivity contribution in [2.45, 2.75) is 71.4 Å². The normalized spacial score (nSPS) is 12.9. The van der Waals surface area contributed by atoms with Crippen LogP contribution in [0.4, 0.5) is 5.69 Å². The highest BCUT2D eigenvalue weighted by molar-refractivity contribution is 6.04. The van der Waals surface area contributed by atoms with Crippen LogP contribution in [0.15, 0.2) is 48.5 Å². The molecule has 0 heterocycles.